The van der Waals surface area contributed by atoms with Gasteiger partial charge in [-0.3, -0.25) is 0 Å². The molecule has 0 aromatic carbocycles. The van der Waals surface area contributed by atoms with Gasteiger partial charge in [-0.25, -0.2) is 4.98 Å². The predicted molar refractivity (Wildman–Crippen MR) is 38.6 cm³/mol. The molecule has 0 saturated heterocycles. The number of aromatic nitrogens is 1. The summed E-state index contributed by atoms with van der Waals surface area (Å²) in [6.45, 7) is 0. The summed E-state index contributed by atoms with van der Waals surface area (Å²) in [6.07, 6.45) is 1.79. The van der Waals surface area contributed by atoms with Crippen molar-refractivity contribution in [1.82, 2.24) is 4.98 Å². The van der Waals surface area contributed by atoms with Crippen LogP contribution in [0.2, 0.25) is 0 Å². The number of pyridine rings is 1. The Morgan fingerprint density at radius 1 is 1.30 bits per heavy atom. The standard InChI is InChI=1S/C7H10N2.Zn/c1-9(2)7-5-3-4-6-8-7;/h3-6H,1-2H3;. The molecule has 3 heteroatoms. The van der Waals surface area contributed by atoms with E-state index in [1.165, 1.54) is 0 Å². The Kier molecular flexibility index (Phi) is 4.21. The quantitative estimate of drug-likeness (QED) is 0.613. The summed E-state index contributed by atoms with van der Waals surface area (Å²) in [7, 11) is 3.95. The molecular formula is C7H10N2Zn. The van der Waals surface area contributed by atoms with E-state index in [1.54, 1.807) is 6.20 Å². The maximum atomic E-state index is 4.10. The third kappa shape index (κ3) is 2.44. The molecule has 0 radical (unpaired) electrons. The molecule has 10 heavy (non-hydrogen) atoms. The van der Waals surface area contributed by atoms with Gasteiger partial charge in [0.15, 0.2) is 0 Å². The van der Waals surface area contributed by atoms with E-state index in [2.05, 4.69) is 4.98 Å². The van der Waals surface area contributed by atoms with Crippen LogP contribution in [0.3, 0.4) is 0 Å². The summed E-state index contributed by atoms with van der Waals surface area (Å²) in [4.78, 5) is 6.08. The molecule has 0 fully saturated rings. The summed E-state index contributed by atoms with van der Waals surface area (Å²) < 4.78 is 0. The van der Waals surface area contributed by atoms with E-state index in [9.17, 15) is 0 Å². The largest absolute Gasteiger partial charge is 0.363 e. The minimum atomic E-state index is 0. The van der Waals surface area contributed by atoms with Crippen molar-refractivity contribution in [3.05, 3.63) is 24.4 Å². The molecule has 0 bridgehead atoms. The average molecular weight is 188 g/mol. The van der Waals surface area contributed by atoms with Crippen molar-refractivity contribution in [2.75, 3.05) is 19.0 Å². The van der Waals surface area contributed by atoms with Crippen molar-refractivity contribution in [1.29, 1.82) is 0 Å². The normalized spacial score (nSPS) is 8.20. The van der Waals surface area contributed by atoms with Crippen molar-refractivity contribution < 1.29 is 19.5 Å². The summed E-state index contributed by atoms with van der Waals surface area (Å²) >= 11 is 0. The van der Waals surface area contributed by atoms with Crippen LogP contribution in [-0.4, -0.2) is 19.1 Å². The molecule has 0 atom stereocenters. The van der Waals surface area contributed by atoms with Crippen molar-refractivity contribution in [2.45, 2.75) is 0 Å². The van der Waals surface area contributed by atoms with Crippen molar-refractivity contribution in [3.63, 3.8) is 0 Å². The second kappa shape index (κ2) is 4.40. The Labute approximate surface area is 74.0 Å². The fourth-order valence-corrected chi connectivity index (χ4v) is 0.618. The van der Waals surface area contributed by atoms with Gasteiger partial charge in [0.2, 0.25) is 0 Å². The Morgan fingerprint density at radius 3 is 2.30 bits per heavy atom. The topological polar surface area (TPSA) is 16.1 Å². The van der Waals surface area contributed by atoms with Crippen molar-refractivity contribution >= 4 is 5.82 Å². The second-order valence-electron chi connectivity index (χ2n) is 2.08. The third-order valence-electron chi connectivity index (χ3n) is 1.11. The monoisotopic (exact) mass is 186 g/mol. The first-order chi connectivity index (χ1) is 4.30. The molecule has 2 nitrogen and oxygen atoms in total. The van der Waals surface area contributed by atoms with Gasteiger partial charge >= 0.3 is 0 Å². The molecule has 0 saturated carbocycles. The molecule has 0 unspecified atom stereocenters. The zero-order chi connectivity index (χ0) is 6.69. The fourth-order valence-electron chi connectivity index (χ4n) is 0.618. The number of hydrogen-bond acceptors (Lipinski definition) is 2. The third-order valence-corrected chi connectivity index (χ3v) is 1.11. The van der Waals surface area contributed by atoms with Gasteiger partial charge in [0, 0.05) is 39.8 Å². The van der Waals surface area contributed by atoms with Gasteiger partial charge < -0.3 is 4.90 Å². The zero-order valence-electron chi connectivity index (χ0n) is 6.41. The van der Waals surface area contributed by atoms with Gasteiger partial charge in [0.05, 0.1) is 0 Å². The molecule has 0 spiro atoms. The van der Waals surface area contributed by atoms with Crippen LogP contribution in [0.5, 0.6) is 0 Å². The molecule has 0 aliphatic carbocycles. The van der Waals surface area contributed by atoms with E-state index in [0.29, 0.717) is 0 Å². The first-order valence-corrected chi connectivity index (χ1v) is 2.89. The van der Waals surface area contributed by atoms with Gasteiger partial charge in [-0.2, -0.15) is 0 Å². The van der Waals surface area contributed by atoms with Crippen LogP contribution in [0.25, 0.3) is 0 Å². The van der Waals surface area contributed by atoms with Gasteiger partial charge in [0.25, 0.3) is 0 Å². The van der Waals surface area contributed by atoms with E-state index < -0.39 is 0 Å². The Balaban J connectivity index is 0.000000810. The summed E-state index contributed by atoms with van der Waals surface area (Å²) in [5, 5.41) is 0. The van der Waals surface area contributed by atoms with Gasteiger partial charge in [-0.05, 0) is 12.1 Å². The number of rotatable bonds is 1. The molecular weight excluding hydrogens is 177 g/mol. The predicted octanol–water partition coefficient (Wildman–Crippen LogP) is 1.15. The van der Waals surface area contributed by atoms with Crippen LogP contribution in [0.4, 0.5) is 5.82 Å². The maximum absolute atomic E-state index is 4.10. The molecule has 0 N–H and O–H groups in total. The molecule has 50 valence electrons. The minimum Gasteiger partial charge on any atom is -0.363 e. The molecule has 0 aliphatic heterocycles. The van der Waals surface area contributed by atoms with E-state index in [-0.39, 0.29) is 19.5 Å². The van der Waals surface area contributed by atoms with Gasteiger partial charge in [-0.1, -0.05) is 6.07 Å². The first-order valence-electron chi connectivity index (χ1n) is 2.89. The van der Waals surface area contributed by atoms with Gasteiger partial charge in [0.1, 0.15) is 5.82 Å². The molecule has 0 aliphatic rings. The summed E-state index contributed by atoms with van der Waals surface area (Å²) in [5.74, 6) is 0.998. The molecule has 1 aromatic heterocycles. The number of nitrogens with zero attached hydrogens (tertiary/aromatic N) is 2. The Hall–Kier alpha value is -0.427. The van der Waals surface area contributed by atoms with E-state index in [1.807, 2.05) is 37.2 Å². The zero-order valence-corrected chi connectivity index (χ0v) is 9.38. The summed E-state index contributed by atoms with van der Waals surface area (Å²) in [6, 6.07) is 5.86. The van der Waals surface area contributed by atoms with Crippen LogP contribution in [-0.2, 0) is 19.5 Å². The summed E-state index contributed by atoms with van der Waals surface area (Å²) in [5.41, 5.74) is 0. The number of anilines is 1. The van der Waals surface area contributed by atoms with E-state index in [0.717, 1.165) is 5.82 Å². The SMILES string of the molecule is CN(C)c1ccccn1.[Zn]. The van der Waals surface area contributed by atoms with Gasteiger partial charge in [-0.15, -0.1) is 0 Å². The maximum Gasteiger partial charge on any atom is 0.127 e. The number of hydrogen-bond donors (Lipinski definition) is 0. The Bertz CT molecular complexity index is 174. The first kappa shape index (κ1) is 9.57. The van der Waals surface area contributed by atoms with Crippen molar-refractivity contribution in [3.8, 4) is 0 Å². The van der Waals surface area contributed by atoms with Crippen LogP contribution in [0.1, 0.15) is 0 Å². The fraction of sp³-hybridized carbons (Fsp3) is 0.286. The average Bonchev–Trinajstić information content (AvgIpc) is 1.90. The van der Waals surface area contributed by atoms with Crippen LogP contribution >= 0.6 is 0 Å². The smallest absolute Gasteiger partial charge is 0.127 e. The Morgan fingerprint density at radius 2 is 2.00 bits per heavy atom. The molecule has 1 heterocycles. The minimum absolute atomic E-state index is 0. The van der Waals surface area contributed by atoms with Crippen LogP contribution in [0.15, 0.2) is 24.4 Å². The second-order valence-corrected chi connectivity index (χ2v) is 2.08. The molecule has 0 amide bonds. The van der Waals surface area contributed by atoms with Crippen molar-refractivity contribution in [2.24, 2.45) is 0 Å². The van der Waals surface area contributed by atoms with Crippen LogP contribution in [0, 0.1) is 0 Å². The van der Waals surface area contributed by atoms with E-state index in [4.69, 9.17) is 0 Å². The molecule has 1 aromatic rings. The van der Waals surface area contributed by atoms with E-state index >= 15 is 0 Å². The molecule has 1 rings (SSSR count). The van der Waals surface area contributed by atoms with Crippen LogP contribution < -0.4 is 4.90 Å².